The summed E-state index contributed by atoms with van der Waals surface area (Å²) in [7, 11) is 0. The number of halogens is 5. The molecule has 1 aliphatic carbocycles. The third kappa shape index (κ3) is 7.29. The Morgan fingerprint density at radius 2 is 1.96 bits per heavy atom. The molecule has 0 spiro atoms. The van der Waals surface area contributed by atoms with Crippen LogP contribution in [-0.2, 0) is 23.9 Å². The number of esters is 1. The van der Waals surface area contributed by atoms with Crippen LogP contribution in [-0.4, -0.2) is 44.2 Å². The Balaban J connectivity index is 0.000000392. The summed E-state index contributed by atoms with van der Waals surface area (Å²) >= 11 is 5.46. The number of nitrogens with two attached hydrogens (primary N) is 1. The van der Waals surface area contributed by atoms with Crippen LogP contribution in [0.3, 0.4) is 0 Å². The first kappa shape index (κ1) is 33.1. The smallest absolute Gasteiger partial charge is 0.435 e. The molecule has 5 rings (SSSR count). The maximum atomic E-state index is 13.1. The Labute approximate surface area is 258 Å². The third-order valence-electron chi connectivity index (χ3n) is 6.94. The third-order valence-corrected chi connectivity index (χ3v) is 7.23. The molecule has 10 nitrogen and oxygen atoms in total. The van der Waals surface area contributed by atoms with Gasteiger partial charge in [0.15, 0.2) is 17.0 Å². The quantitative estimate of drug-likeness (QED) is 0.136. The first-order valence-electron chi connectivity index (χ1n) is 13.3. The number of carbonyl (C=O) groups excluding carboxylic acids is 2. The predicted molar refractivity (Wildman–Crippen MR) is 154 cm³/mol. The van der Waals surface area contributed by atoms with Gasteiger partial charge in [-0.3, -0.25) is 4.79 Å². The lowest BCUT2D eigenvalue weighted by atomic mass is 9.98. The van der Waals surface area contributed by atoms with E-state index in [1.54, 1.807) is 25.1 Å². The Kier molecular flexibility index (Phi) is 9.88. The van der Waals surface area contributed by atoms with Crippen LogP contribution < -0.4 is 11.1 Å². The highest BCUT2D eigenvalue weighted by atomic mass is 35.5. The zero-order chi connectivity index (χ0) is 33.1. The first-order chi connectivity index (χ1) is 21.2. The van der Waals surface area contributed by atoms with Crippen molar-refractivity contribution in [2.75, 3.05) is 6.61 Å². The number of nitrogens with one attached hydrogen (secondary N) is 1. The molecule has 4 aromatic rings. The van der Waals surface area contributed by atoms with Gasteiger partial charge >= 0.3 is 18.1 Å². The van der Waals surface area contributed by atoms with Crippen LogP contribution in [0.25, 0.3) is 5.65 Å². The number of hydrogen-bond acceptors (Lipinski definition) is 7. The summed E-state index contributed by atoms with van der Waals surface area (Å²) in [5.41, 5.74) is 6.09. The number of carbonyl (C=O) groups is 3. The molecule has 0 unspecified atom stereocenters. The van der Waals surface area contributed by atoms with E-state index in [9.17, 15) is 37.1 Å². The molecule has 1 aliphatic rings. The monoisotopic (exact) mass is 647 g/mol. The van der Waals surface area contributed by atoms with Crippen molar-refractivity contribution < 1.29 is 41.8 Å². The standard InChI is InChI=1S/C23H19F3N4O5.C7H7ClFN/c1-3-8-35-22(34)13-4-5-14-12(11(13)2)6-7-15(14)28-20(31)17-9-16(21(32)33)27-19-10-18(23(24,25)26)29-30(17)19;8-6-3-5(4-10)1-2-7(6)9/h3-5,9-10,15H,1,6-8H2,2H3,(H,28,31)(H,32,33);1-3H,4,10H2/t15-;/m0./s1. The van der Waals surface area contributed by atoms with E-state index >= 15 is 0 Å². The van der Waals surface area contributed by atoms with Crippen molar-refractivity contribution in [2.24, 2.45) is 5.73 Å². The molecular formula is C30H26ClF4N5O5. The molecule has 45 heavy (non-hydrogen) atoms. The highest BCUT2D eigenvalue weighted by molar-refractivity contribution is 6.30. The molecule has 1 atom stereocenters. The molecule has 2 aromatic carbocycles. The summed E-state index contributed by atoms with van der Waals surface area (Å²) in [6, 6.07) is 8.65. The number of nitrogens with zero attached hydrogens (tertiary/aromatic N) is 3. The lowest BCUT2D eigenvalue weighted by Crippen LogP contribution is -2.29. The molecule has 0 aliphatic heterocycles. The van der Waals surface area contributed by atoms with Crippen LogP contribution in [0.4, 0.5) is 17.6 Å². The van der Waals surface area contributed by atoms with Crippen molar-refractivity contribution in [3.05, 3.63) is 111 Å². The average molecular weight is 648 g/mol. The van der Waals surface area contributed by atoms with Crippen LogP contribution in [0.1, 0.15) is 71.7 Å². The fourth-order valence-corrected chi connectivity index (χ4v) is 4.95. The summed E-state index contributed by atoms with van der Waals surface area (Å²) in [6.07, 6.45) is -2.34. The summed E-state index contributed by atoms with van der Waals surface area (Å²) in [5, 5.41) is 15.6. The summed E-state index contributed by atoms with van der Waals surface area (Å²) in [5.74, 6) is -3.23. The van der Waals surface area contributed by atoms with Gasteiger partial charge < -0.3 is 20.9 Å². The largest absolute Gasteiger partial charge is 0.477 e. The average Bonchev–Trinajstić information content (AvgIpc) is 3.62. The van der Waals surface area contributed by atoms with Crippen LogP contribution >= 0.6 is 11.6 Å². The summed E-state index contributed by atoms with van der Waals surface area (Å²) < 4.78 is 57.7. The first-order valence-corrected chi connectivity index (χ1v) is 13.7. The number of carboxylic acids is 1. The van der Waals surface area contributed by atoms with Gasteiger partial charge in [0.05, 0.1) is 16.6 Å². The SMILES string of the molecule is C=CCOC(=O)c1ccc2c(c1C)CC[C@@H]2NC(=O)c1cc(C(=O)O)nc2cc(C(F)(F)F)nn12.NCc1ccc(F)c(Cl)c1. The Morgan fingerprint density at radius 3 is 2.58 bits per heavy atom. The molecule has 4 N–H and O–H groups in total. The molecule has 2 aromatic heterocycles. The van der Waals surface area contributed by atoms with Crippen molar-refractivity contribution in [1.82, 2.24) is 19.9 Å². The van der Waals surface area contributed by atoms with E-state index in [1.807, 2.05) is 0 Å². The molecule has 2 heterocycles. The fourth-order valence-electron chi connectivity index (χ4n) is 4.75. The van der Waals surface area contributed by atoms with E-state index < -0.39 is 58.6 Å². The second-order valence-electron chi connectivity index (χ2n) is 9.84. The lowest BCUT2D eigenvalue weighted by molar-refractivity contribution is -0.141. The van der Waals surface area contributed by atoms with Gasteiger partial charge in [0, 0.05) is 18.7 Å². The van der Waals surface area contributed by atoms with E-state index in [0.717, 1.165) is 22.8 Å². The molecule has 0 fully saturated rings. The van der Waals surface area contributed by atoms with Crippen LogP contribution in [0.5, 0.6) is 0 Å². The number of hydrogen-bond donors (Lipinski definition) is 3. The summed E-state index contributed by atoms with van der Waals surface area (Å²) in [4.78, 5) is 40.4. The molecule has 0 saturated carbocycles. The van der Waals surface area contributed by atoms with Crippen molar-refractivity contribution >= 4 is 35.1 Å². The molecule has 15 heteroatoms. The number of rotatable bonds is 7. The highest BCUT2D eigenvalue weighted by Crippen LogP contribution is 2.35. The number of fused-ring (bicyclic) bond motifs is 2. The van der Waals surface area contributed by atoms with Crippen molar-refractivity contribution in [1.29, 1.82) is 0 Å². The van der Waals surface area contributed by atoms with E-state index in [1.165, 1.54) is 18.2 Å². The van der Waals surface area contributed by atoms with Crippen LogP contribution in [0.2, 0.25) is 5.02 Å². The van der Waals surface area contributed by atoms with Gasteiger partial charge in [0.1, 0.15) is 18.1 Å². The molecule has 0 bridgehead atoms. The Bertz CT molecular complexity index is 1810. The predicted octanol–water partition coefficient (Wildman–Crippen LogP) is 5.45. The Hall–Kier alpha value is -4.82. The van der Waals surface area contributed by atoms with Crippen molar-refractivity contribution in [2.45, 2.75) is 38.5 Å². The lowest BCUT2D eigenvalue weighted by Gasteiger charge is -2.16. The zero-order valence-electron chi connectivity index (χ0n) is 23.6. The minimum atomic E-state index is -4.81. The number of alkyl halides is 3. The minimum Gasteiger partial charge on any atom is -0.477 e. The Morgan fingerprint density at radius 1 is 1.22 bits per heavy atom. The molecule has 0 radical (unpaired) electrons. The number of benzene rings is 2. The van der Waals surface area contributed by atoms with E-state index in [0.29, 0.717) is 41.1 Å². The summed E-state index contributed by atoms with van der Waals surface area (Å²) in [6.45, 7) is 5.72. The van der Waals surface area contributed by atoms with Gasteiger partial charge in [0.2, 0.25) is 0 Å². The van der Waals surface area contributed by atoms with Gasteiger partial charge in [-0.15, -0.1) is 0 Å². The number of aromatic nitrogens is 3. The maximum absolute atomic E-state index is 13.1. The number of ether oxygens (including phenoxy) is 1. The fraction of sp³-hybridized carbons (Fsp3) is 0.233. The number of aromatic carboxylic acids is 1. The van der Waals surface area contributed by atoms with Crippen molar-refractivity contribution in [3.8, 4) is 0 Å². The molecule has 0 saturated heterocycles. The van der Waals surface area contributed by atoms with Crippen molar-refractivity contribution in [3.63, 3.8) is 0 Å². The normalized spacial score (nSPS) is 13.9. The van der Waals surface area contributed by atoms with Gasteiger partial charge in [-0.25, -0.2) is 23.5 Å². The zero-order valence-corrected chi connectivity index (χ0v) is 24.4. The van der Waals surface area contributed by atoms with E-state index in [4.69, 9.17) is 22.1 Å². The number of amides is 1. The molecule has 236 valence electrons. The van der Waals surface area contributed by atoms with Gasteiger partial charge in [-0.2, -0.15) is 18.3 Å². The molecule has 1 amide bonds. The van der Waals surface area contributed by atoms with E-state index in [-0.39, 0.29) is 11.6 Å². The minimum absolute atomic E-state index is 0.0657. The second kappa shape index (κ2) is 13.4. The number of carboxylic acid groups (broad SMARTS) is 1. The topological polar surface area (TPSA) is 149 Å². The van der Waals surface area contributed by atoms with Crippen LogP contribution in [0.15, 0.2) is 55.1 Å². The van der Waals surface area contributed by atoms with Crippen LogP contribution in [0, 0.1) is 12.7 Å². The second-order valence-corrected chi connectivity index (χ2v) is 10.2. The maximum Gasteiger partial charge on any atom is 0.435 e. The van der Waals surface area contributed by atoms with Gasteiger partial charge in [0.25, 0.3) is 5.91 Å². The van der Waals surface area contributed by atoms with E-state index in [2.05, 4.69) is 22.0 Å². The van der Waals surface area contributed by atoms with Gasteiger partial charge in [-0.1, -0.05) is 36.4 Å². The van der Waals surface area contributed by atoms with Gasteiger partial charge in [-0.05, 0) is 60.2 Å². The highest BCUT2D eigenvalue weighted by Gasteiger charge is 2.36. The molecular weight excluding hydrogens is 622 g/mol.